The molecule has 0 spiro atoms. The topological polar surface area (TPSA) is 46.9 Å². The van der Waals surface area contributed by atoms with Crippen molar-refractivity contribution < 1.29 is 4.79 Å². The molecule has 0 unspecified atom stereocenters. The number of amides is 1. The van der Waals surface area contributed by atoms with E-state index in [1.165, 1.54) is 0 Å². The summed E-state index contributed by atoms with van der Waals surface area (Å²) in [4.78, 5) is 16.4. The van der Waals surface area contributed by atoms with Gasteiger partial charge in [0.05, 0.1) is 0 Å². The van der Waals surface area contributed by atoms with Gasteiger partial charge in [0, 0.05) is 34.8 Å². The fourth-order valence-corrected chi connectivity index (χ4v) is 2.52. The largest absolute Gasteiger partial charge is 0.339 e. The summed E-state index contributed by atoms with van der Waals surface area (Å²) in [5, 5.41) is 2.94. The molecule has 1 saturated carbocycles. The quantitative estimate of drug-likeness (QED) is 0.940. The molecule has 19 heavy (non-hydrogen) atoms. The normalized spacial score (nSPS) is 14.4. The number of anilines is 1. The van der Waals surface area contributed by atoms with Crippen molar-refractivity contribution in [3.05, 3.63) is 46.5 Å². The third-order valence-electron chi connectivity index (χ3n) is 3.26. The standard InChI is InChI=1S/C14H14BrN3O/c1-9-7-16-5-4-12(9)17-14(19)13-6-10(15)8-18(13)11-2-3-11/h4-8,11H,2-3H2,1H3,(H,16,17,19). The number of carbonyl (C=O) groups is 1. The van der Waals surface area contributed by atoms with E-state index in [0.29, 0.717) is 11.7 Å². The van der Waals surface area contributed by atoms with Crippen LogP contribution < -0.4 is 5.32 Å². The Morgan fingerprint density at radius 2 is 2.32 bits per heavy atom. The first-order valence-electron chi connectivity index (χ1n) is 6.24. The fourth-order valence-electron chi connectivity index (χ4n) is 2.08. The smallest absolute Gasteiger partial charge is 0.272 e. The first kappa shape index (κ1) is 12.4. The number of halogens is 1. The summed E-state index contributed by atoms with van der Waals surface area (Å²) in [5.74, 6) is -0.0769. The lowest BCUT2D eigenvalue weighted by Crippen LogP contribution is -2.17. The Hall–Kier alpha value is -1.62. The number of aryl methyl sites for hydroxylation is 1. The summed E-state index contributed by atoms with van der Waals surface area (Å²) in [6.07, 6.45) is 7.70. The fraction of sp³-hybridized carbons (Fsp3) is 0.286. The van der Waals surface area contributed by atoms with E-state index in [1.807, 2.05) is 25.3 Å². The molecule has 2 heterocycles. The van der Waals surface area contributed by atoms with Gasteiger partial charge in [-0.25, -0.2) is 0 Å². The second-order valence-electron chi connectivity index (χ2n) is 4.83. The zero-order valence-corrected chi connectivity index (χ0v) is 12.1. The van der Waals surface area contributed by atoms with Crippen LogP contribution in [-0.2, 0) is 0 Å². The van der Waals surface area contributed by atoms with Gasteiger partial charge in [-0.05, 0) is 53.4 Å². The molecule has 1 fully saturated rings. The number of nitrogens with zero attached hydrogens (tertiary/aromatic N) is 2. The van der Waals surface area contributed by atoms with Crippen molar-refractivity contribution in [2.75, 3.05) is 5.32 Å². The molecule has 3 rings (SSSR count). The van der Waals surface area contributed by atoms with Gasteiger partial charge in [0.15, 0.2) is 0 Å². The van der Waals surface area contributed by atoms with Crippen molar-refractivity contribution in [3.8, 4) is 0 Å². The van der Waals surface area contributed by atoms with Crippen LogP contribution in [0.4, 0.5) is 5.69 Å². The lowest BCUT2D eigenvalue weighted by Gasteiger charge is -2.10. The van der Waals surface area contributed by atoms with Crippen LogP contribution >= 0.6 is 15.9 Å². The lowest BCUT2D eigenvalue weighted by molar-refractivity contribution is 0.101. The van der Waals surface area contributed by atoms with Crippen molar-refractivity contribution in [1.29, 1.82) is 0 Å². The number of nitrogens with one attached hydrogen (secondary N) is 1. The minimum atomic E-state index is -0.0769. The van der Waals surface area contributed by atoms with Gasteiger partial charge in [0.25, 0.3) is 5.91 Å². The molecule has 1 aliphatic carbocycles. The molecule has 0 saturated heterocycles. The lowest BCUT2D eigenvalue weighted by atomic mass is 10.2. The summed E-state index contributed by atoms with van der Waals surface area (Å²) >= 11 is 3.44. The highest BCUT2D eigenvalue weighted by Crippen LogP contribution is 2.37. The predicted molar refractivity (Wildman–Crippen MR) is 77.3 cm³/mol. The number of hydrogen-bond acceptors (Lipinski definition) is 2. The van der Waals surface area contributed by atoms with E-state index in [1.54, 1.807) is 12.4 Å². The van der Waals surface area contributed by atoms with Gasteiger partial charge >= 0.3 is 0 Å². The molecule has 1 amide bonds. The Morgan fingerprint density at radius 3 is 3.00 bits per heavy atom. The molecule has 1 N–H and O–H groups in total. The minimum Gasteiger partial charge on any atom is -0.339 e. The average Bonchev–Trinajstić information content (AvgIpc) is 3.15. The van der Waals surface area contributed by atoms with Crippen LogP contribution in [0.2, 0.25) is 0 Å². The monoisotopic (exact) mass is 319 g/mol. The van der Waals surface area contributed by atoms with E-state index in [4.69, 9.17) is 0 Å². The van der Waals surface area contributed by atoms with Crippen LogP contribution in [0.15, 0.2) is 35.2 Å². The van der Waals surface area contributed by atoms with Crippen LogP contribution in [-0.4, -0.2) is 15.5 Å². The van der Waals surface area contributed by atoms with Gasteiger partial charge < -0.3 is 9.88 Å². The van der Waals surface area contributed by atoms with Crippen LogP contribution in [0.1, 0.15) is 34.9 Å². The van der Waals surface area contributed by atoms with Gasteiger partial charge in [-0.2, -0.15) is 0 Å². The van der Waals surface area contributed by atoms with Crippen LogP contribution in [0.25, 0.3) is 0 Å². The molecule has 2 aromatic heterocycles. The number of carbonyl (C=O) groups excluding carboxylic acids is 1. The molecule has 5 heteroatoms. The molecule has 0 radical (unpaired) electrons. The Bertz CT molecular complexity index is 631. The molecule has 2 aromatic rings. The molecule has 0 atom stereocenters. The van der Waals surface area contributed by atoms with Gasteiger partial charge in [-0.15, -0.1) is 0 Å². The van der Waals surface area contributed by atoms with E-state index >= 15 is 0 Å². The second-order valence-corrected chi connectivity index (χ2v) is 5.74. The summed E-state index contributed by atoms with van der Waals surface area (Å²) in [7, 11) is 0. The SMILES string of the molecule is Cc1cnccc1NC(=O)c1cc(Br)cn1C1CC1. The van der Waals surface area contributed by atoms with Gasteiger partial charge in [-0.3, -0.25) is 9.78 Å². The summed E-state index contributed by atoms with van der Waals surface area (Å²) in [6, 6.07) is 4.15. The highest BCUT2D eigenvalue weighted by atomic mass is 79.9. The van der Waals surface area contributed by atoms with E-state index in [9.17, 15) is 4.79 Å². The molecule has 1 aliphatic rings. The highest BCUT2D eigenvalue weighted by molar-refractivity contribution is 9.10. The Balaban J connectivity index is 1.86. The first-order valence-corrected chi connectivity index (χ1v) is 7.04. The van der Waals surface area contributed by atoms with Crippen molar-refractivity contribution >= 4 is 27.5 Å². The number of hydrogen-bond donors (Lipinski definition) is 1. The average molecular weight is 320 g/mol. The third kappa shape index (κ3) is 2.56. The van der Waals surface area contributed by atoms with Crippen LogP contribution in [0.5, 0.6) is 0 Å². The molecule has 0 aromatic carbocycles. The summed E-state index contributed by atoms with van der Waals surface area (Å²) in [6.45, 7) is 1.93. The van der Waals surface area contributed by atoms with Crippen molar-refractivity contribution in [1.82, 2.24) is 9.55 Å². The maximum absolute atomic E-state index is 12.4. The van der Waals surface area contributed by atoms with Crippen LogP contribution in [0.3, 0.4) is 0 Å². The summed E-state index contributed by atoms with van der Waals surface area (Å²) in [5.41, 5.74) is 2.46. The first-order chi connectivity index (χ1) is 9.15. The van der Waals surface area contributed by atoms with E-state index in [-0.39, 0.29) is 5.91 Å². The van der Waals surface area contributed by atoms with Crippen molar-refractivity contribution in [3.63, 3.8) is 0 Å². The van der Waals surface area contributed by atoms with Gasteiger partial charge in [0.1, 0.15) is 5.69 Å². The molecular formula is C14H14BrN3O. The minimum absolute atomic E-state index is 0.0769. The Morgan fingerprint density at radius 1 is 1.53 bits per heavy atom. The molecule has 0 bridgehead atoms. The second kappa shape index (κ2) is 4.81. The third-order valence-corrected chi connectivity index (χ3v) is 3.69. The number of aromatic nitrogens is 2. The zero-order chi connectivity index (χ0) is 13.4. The Labute approximate surface area is 120 Å². The van der Waals surface area contributed by atoms with Crippen LogP contribution in [0, 0.1) is 6.92 Å². The molecule has 4 nitrogen and oxygen atoms in total. The van der Waals surface area contributed by atoms with Crippen molar-refractivity contribution in [2.45, 2.75) is 25.8 Å². The maximum atomic E-state index is 12.4. The number of pyridine rings is 1. The highest BCUT2D eigenvalue weighted by Gasteiger charge is 2.27. The van der Waals surface area contributed by atoms with Gasteiger partial charge in [0.2, 0.25) is 0 Å². The van der Waals surface area contributed by atoms with Gasteiger partial charge in [-0.1, -0.05) is 0 Å². The molecule has 0 aliphatic heterocycles. The van der Waals surface area contributed by atoms with E-state index < -0.39 is 0 Å². The van der Waals surface area contributed by atoms with E-state index in [2.05, 4.69) is 30.8 Å². The molecular weight excluding hydrogens is 306 g/mol. The van der Waals surface area contributed by atoms with E-state index in [0.717, 1.165) is 28.6 Å². The maximum Gasteiger partial charge on any atom is 0.272 e. The zero-order valence-electron chi connectivity index (χ0n) is 10.6. The predicted octanol–water partition coefficient (Wildman–Crippen LogP) is 3.54. The number of rotatable bonds is 3. The Kier molecular flexibility index (Phi) is 3.14. The molecule has 98 valence electrons. The summed E-state index contributed by atoms with van der Waals surface area (Å²) < 4.78 is 2.99. The van der Waals surface area contributed by atoms with Crippen molar-refractivity contribution in [2.24, 2.45) is 0 Å².